The number of nitrogens with two attached hydrogens (primary N) is 1. The first-order valence-electron chi connectivity index (χ1n) is 6.23. The van der Waals surface area contributed by atoms with Crippen molar-refractivity contribution in [2.45, 2.75) is 6.04 Å². The normalized spacial score (nSPS) is 12.0. The van der Waals surface area contributed by atoms with Crippen molar-refractivity contribution in [1.29, 1.82) is 0 Å². The van der Waals surface area contributed by atoms with Crippen LogP contribution in [0.25, 0.3) is 0 Å². The third-order valence-electron chi connectivity index (χ3n) is 3.14. The molecule has 0 amide bonds. The van der Waals surface area contributed by atoms with E-state index in [4.69, 9.17) is 26.9 Å². The number of hydrogen-bond donors (Lipinski definition) is 2. The summed E-state index contributed by atoms with van der Waals surface area (Å²) in [5.74, 6) is 6.46. The van der Waals surface area contributed by atoms with E-state index in [0.717, 1.165) is 5.56 Å². The molecule has 6 heteroatoms. The lowest BCUT2D eigenvalue weighted by Crippen LogP contribution is -2.29. The number of rotatable bonds is 5. The number of hydrogen-bond acceptors (Lipinski definition) is 4. The van der Waals surface area contributed by atoms with Crippen LogP contribution in [0.5, 0.6) is 11.5 Å². The highest BCUT2D eigenvalue weighted by atomic mass is 35.5. The first-order chi connectivity index (χ1) is 10.1. The summed E-state index contributed by atoms with van der Waals surface area (Å²) in [4.78, 5) is 0. The summed E-state index contributed by atoms with van der Waals surface area (Å²) in [6.07, 6.45) is 0. The molecular weight excluding hydrogens is 295 g/mol. The summed E-state index contributed by atoms with van der Waals surface area (Å²) >= 11 is 6.14. The van der Waals surface area contributed by atoms with Gasteiger partial charge in [0.05, 0.1) is 20.3 Å². The van der Waals surface area contributed by atoms with Crippen LogP contribution in [0, 0.1) is 5.82 Å². The van der Waals surface area contributed by atoms with Gasteiger partial charge in [-0.3, -0.25) is 5.84 Å². The smallest absolute Gasteiger partial charge is 0.123 e. The molecule has 0 saturated carbocycles. The lowest BCUT2D eigenvalue weighted by Gasteiger charge is -2.20. The van der Waals surface area contributed by atoms with Crippen molar-refractivity contribution in [2.24, 2.45) is 5.84 Å². The minimum atomic E-state index is -0.489. The van der Waals surface area contributed by atoms with E-state index in [1.807, 2.05) is 0 Å². The molecule has 1 unspecified atom stereocenters. The Balaban J connectivity index is 2.52. The van der Waals surface area contributed by atoms with E-state index in [0.29, 0.717) is 22.1 Å². The summed E-state index contributed by atoms with van der Waals surface area (Å²) in [5.41, 5.74) is 3.93. The van der Waals surface area contributed by atoms with Gasteiger partial charge in [-0.2, -0.15) is 0 Å². The zero-order valence-corrected chi connectivity index (χ0v) is 12.4. The molecule has 4 nitrogen and oxygen atoms in total. The van der Waals surface area contributed by atoms with Crippen molar-refractivity contribution in [3.63, 3.8) is 0 Å². The van der Waals surface area contributed by atoms with Gasteiger partial charge in [-0.25, -0.2) is 9.82 Å². The van der Waals surface area contributed by atoms with E-state index in [-0.39, 0.29) is 5.82 Å². The summed E-state index contributed by atoms with van der Waals surface area (Å²) in [5, 5.41) is 0.418. The number of halogens is 2. The van der Waals surface area contributed by atoms with Crippen LogP contribution in [0.15, 0.2) is 36.4 Å². The van der Waals surface area contributed by atoms with Crippen molar-refractivity contribution in [2.75, 3.05) is 14.2 Å². The van der Waals surface area contributed by atoms with Gasteiger partial charge in [0.2, 0.25) is 0 Å². The van der Waals surface area contributed by atoms with Gasteiger partial charge in [0, 0.05) is 11.1 Å². The van der Waals surface area contributed by atoms with Crippen molar-refractivity contribution < 1.29 is 13.9 Å². The molecule has 0 radical (unpaired) electrons. The summed E-state index contributed by atoms with van der Waals surface area (Å²) in [7, 11) is 3.11. The second-order valence-corrected chi connectivity index (χ2v) is 4.82. The van der Waals surface area contributed by atoms with E-state index < -0.39 is 6.04 Å². The molecule has 3 N–H and O–H groups in total. The van der Waals surface area contributed by atoms with Crippen LogP contribution in [0.2, 0.25) is 5.02 Å². The highest BCUT2D eigenvalue weighted by Crippen LogP contribution is 2.32. The van der Waals surface area contributed by atoms with E-state index in [9.17, 15) is 4.39 Å². The minimum Gasteiger partial charge on any atom is -0.497 e. The molecule has 0 saturated heterocycles. The number of ether oxygens (including phenoxy) is 2. The number of methoxy groups -OCH3 is 2. The molecule has 2 rings (SSSR count). The second kappa shape index (κ2) is 6.76. The molecular formula is C15H16ClFN2O2. The Morgan fingerprint density at radius 2 is 1.71 bits per heavy atom. The van der Waals surface area contributed by atoms with Gasteiger partial charge in [0.25, 0.3) is 0 Å². The van der Waals surface area contributed by atoms with Gasteiger partial charge in [0.1, 0.15) is 17.3 Å². The Morgan fingerprint density at radius 3 is 2.24 bits per heavy atom. The van der Waals surface area contributed by atoms with Crippen LogP contribution >= 0.6 is 11.6 Å². The zero-order chi connectivity index (χ0) is 15.4. The monoisotopic (exact) mass is 310 g/mol. The maximum atomic E-state index is 13.5. The quantitative estimate of drug-likeness (QED) is 0.658. The van der Waals surface area contributed by atoms with Crippen LogP contribution in [-0.2, 0) is 0 Å². The molecule has 0 aromatic heterocycles. The van der Waals surface area contributed by atoms with E-state index in [2.05, 4.69) is 5.43 Å². The maximum Gasteiger partial charge on any atom is 0.123 e. The fourth-order valence-corrected chi connectivity index (χ4v) is 2.32. The van der Waals surface area contributed by atoms with Gasteiger partial charge in [-0.1, -0.05) is 11.6 Å². The molecule has 0 fully saturated rings. The molecule has 1 atom stereocenters. The van der Waals surface area contributed by atoms with E-state index >= 15 is 0 Å². The Labute approximate surface area is 127 Å². The van der Waals surface area contributed by atoms with E-state index in [1.165, 1.54) is 18.2 Å². The Morgan fingerprint density at radius 1 is 1.10 bits per heavy atom. The highest BCUT2D eigenvalue weighted by Gasteiger charge is 2.18. The lowest BCUT2D eigenvalue weighted by molar-refractivity contribution is 0.392. The molecule has 0 spiro atoms. The van der Waals surface area contributed by atoms with Crippen LogP contribution in [0.3, 0.4) is 0 Å². The largest absolute Gasteiger partial charge is 0.497 e. The van der Waals surface area contributed by atoms with Crippen LogP contribution in [-0.4, -0.2) is 14.2 Å². The minimum absolute atomic E-state index is 0.385. The van der Waals surface area contributed by atoms with Crippen LogP contribution in [0.1, 0.15) is 17.2 Å². The van der Waals surface area contributed by atoms with Gasteiger partial charge in [-0.15, -0.1) is 0 Å². The number of nitrogens with one attached hydrogen (secondary N) is 1. The average molecular weight is 311 g/mol. The molecule has 0 bridgehead atoms. The lowest BCUT2D eigenvalue weighted by atomic mass is 9.98. The summed E-state index contributed by atoms with van der Waals surface area (Å²) in [6.45, 7) is 0. The molecule has 0 heterocycles. The predicted octanol–water partition coefficient (Wildman–Crippen LogP) is 3.05. The van der Waals surface area contributed by atoms with Crippen molar-refractivity contribution in [1.82, 2.24) is 5.43 Å². The molecule has 0 aliphatic heterocycles. The third-order valence-corrected chi connectivity index (χ3v) is 3.49. The fraction of sp³-hybridized carbons (Fsp3) is 0.200. The maximum absolute atomic E-state index is 13.5. The first kappa shape index (κ1) is 15.6. The molecule has 21 heavy (non-hydrogen) atoms. The Bertz CT molecular complexity index is 615. The van der Waals surface area contributed by atoms with Crippen molar-refractivity contribution in [3.05, 3.63) is 58.4 Å². The van der Waals surface area contributed by atoms with E-state index in [1.54, 1.807) is 32.4 Å². The third kappa shape index (κ3) is 3.44. The van der Waals surface area contributed by atoms with Gasteiger partial charge < -0.3 is 9.47 Å². The fourth-order valence-electron chi connectivity index (χ4n) is 2.10. The van der Waals surface area contributed by atoms with Gasteiger partial charge in [-0.05, 0) is 41.5 Å². The summed E-state index contributed by atoms with van der Waals surface area (Å²) in [6, 6.07) is 8.96. The average Bonchev–Trinajstić information content (AvgIpc) is 2.51. The van der Waals surface area contributed by atoms with Crippen LogP contribution < -0.4 is 20.7 Å². The highest BCUT2D eigenvalue weighted by molar-refractivity contribution is 6.31. The van der Waals surface area contributed by atoms with Crippen molar-refractivity contribution in [3.8, 4) is 11.5 Å². The van der Waals surface area contributed by atoms with Crippen molar-refractivity contribution >= 4 is 11.6 Å². The summed E-state index contributed by atoms with van der Waals surface area (Å²) < 4.78 is 23.9. The predicted molar refractivity (Wildman–Crippen MR) is 80.1 cm³/mol. The Hall–Kier alpha value is -1.82. The topological polar surface area (TPSA) is 56.5 Å². The standard InChI is InChI=1S/C15H16ClFN2O2/c1-20-11-5-9(6-12(8-11)21-2)15(19-18)13-7-10(17)3-4-14(13)16/h3-8,15,19H,18H2,1-2H3. The molecule has 0 aliphatic rings. The zero-order valence-electron chi connectivity index (χ0n) is 11.7. The second-order valence-electron chi connectivity index (χ2n) is 4.41. The number of hydrazine groups is 1. The Kier molecular flexibility index (Phi) is 5.01. The molecule has 2 aromatic carbocycles. The van der Waals surface area contributed by atoms with Gasteiger partial charge >= 0.3 is 0 Å². The molecule has 2 aromatic rings. The van der Waals surface area contributed by atoms with Gasteiger partial charge in [0.15, 0.2) is 0 Å². The SMILES string of the molecule is COc1cc(OC)cc(C(NN)c2cc(F)ccc2Cl)c1. The molecule has 0 aliphatic carbocycles. The first-order valence-corrected chi connectivity index (χ1v) is 6.61. The number of benzene rings is 2. The van der Waals surface area contributed by atoms with Crippen LogP contribution in [0.4, 0.5) is 4.39 Å². The molecule has 112 valence electrons.